The highest BCUT2D eigenvalue weighted by atomic mass is 16.3. The Labute approximate surface area is 150 Å². The number of benzene rings is 1. The Bertz CT molecular complexity index is 889. The molecular weight excluding hydrogens is 336 g/mol. The third-order valence-electron chi connectivity index (χ3n) is 4.40. The van der Waals surface area contributed by atoms with E-state index in [2.05, 4.69) is 15.2 Å². The Morgan fingerprint density at radius 2 is 2.15 bits per heavy atom. The molecule has 1 aliphatic heterocycles. The maximum Gasteiger partial charge on any atom is 0.328 e. The second kappa shape index (κ2) is 8.01. The number of piperidine rings is 1. The van der Waals surface area contributed by atoms with Gasteiger partial charge in [0.15, 0.2) is 0 Å². The second-order valence-corrected chi connectivity index (χ2v) is 6.55. The standard InChI is InChI=1S/C18H22N4O4/c23-15-5-1-3-13(9-15)10-21-7-2-4-14(11-21)19-17(25)12-22-8-6-16(24)20-18(22)26/h1,3,5-6,8-9,14,23H,2,4,7,10-12H2,(H,19,25)(H,20,24,26). The number of aromatic nitrogens is 2. The van der Waals surface area contributed by atoms with E-state index < -0.39 is 11.2 Å². The maximum absolute atomic E-state index is 12.2. The molecule has 3 rings (SSSR count). The fourth-order valence-corrected chi connectivity index (χ4v) is 3.23. The Balaban J connectivity index is 1.55. The van der Waals surface area contributed by atoms with Crippen molar-refractivity contribution < 1.29 is 9.90 Å². The monoisotopic (exact) mass is 358 g/mol. The van der Waals surface area contributed by atoms with Crippen molar-refractivity contribution in [2.45, 2.75) is 32.0 Å². The van der Waals surface area contributed by atoms with Crippen LogP contribution in [0, 0.1) is 0 Å². The summed E-state index contributed by atoms with van der Waals surface area (Å²) in [5.41, 5.74) is -0.0555. The SMILES string of the molecule is O=C(Cn1ccc(=O)[nH]c1=O)NC1CCCN(Cc2cccc(O)c2)C1. The smallest absolute Gasteiger partial charge is 0.328 e. The summed E-state index contributed by atoms with van der Waals surface area (Å²) in [6, 6.07) is 8.38. The summed E-state index contributed by atoms with van der Waals surface area (Å²) < 4.78 is 1.17. The molecule has 3 N–H and O–H groups in total. The molecule has 0 spiro atoms. The molecule has 0 bridgehead atoms. The molecule has 1 aliphatic rings. The predicted octanol–water partition coefficient (Wildman–Crippen LogP) is 0.0230. The molecule has 1 saturated heterocycles. The van der Waals surface area contributed by atoms with Gasteiger partial charge >= 0.3 is 5.69 Å². The van der Waals surface area contributed by atoms with Gasteiger partial charge in [-0.3, -0.25) is 24.0 Å². The van der Waals surface area contributed by atoms with Crippen LogP contribution in [-0.4, -0.2) is 44.6 Å². The van der Waals surface area contributed by atoms with E-state index in [1.54, 1.807) is 12.1 Å². The number of hydrogen-bond donors (Lipinski definition) is 3. The molecule has 0 radical (unpaired) electrons. The van der Waals surface area contributed by atoms with Crippen molar-refractivity contribution in [1.29, 1.82) is 0 Å². The van der Waals surface area contributed by atoms with Crippen LogP contribution in [0.5, 0.6) is 5.75 Å². The molecule has 138 valence electrons. The Kier molecular flexibility index (Phi) is 5.52. The van der Waals surface area contributed by atoms with E-state index in [9.17, 15) is 19.5 Å². The number of hydrogen-bond acceptors (Lipinski definition) is 5. The van der Waals surface area contributed by atoms with Crippen LogP contribution in [0.1, 0.15) is 18.4 Å². The van der Waals surface area contributed by atoms with Crippen LogP contribution < -0.4 is 16.6 Å². The minimum absolute atomic E-state index is 0.00650. The lowest BCUT2D eigenvalue weighted by Gasteiger charge is -2.33. The summed E-state index contributed by atoms with van der Waals surface area (Å²) in [6.45, 7) is 2.22. The van der Waals surface area contributed by atoms with Gasteiger partial charge in [0.25, 0.3) is 5.56 Å². The van der Waals surface area contributed by atoms with Crippen molar-refractivity contribution in [2.75, 3.05) is 13.1 Å². The van der Waals surface area contributed by atoms with Gasteiger partial charge in [0.2, 0.25) is 5.91 Å². The highest BCUT2D eigenvalue weighted by molar-refractivity contribution is 5.76. The van der Waals surface area contributed by atoms with Gasteiger partial charge in [0.05, 0.1) is 0 Å². The lowest BCUT2D eigenvalue weighted by atomic mass is 10.0. The molecule has 1 aromatic carbocycles. The van der Waals surface area contributed by atoms with E-state index in [0.29, 0.717) is 13.1 Å². The van der Waals surface area contributed by atoms with E-state index in [1.807, 2.05) is 12.1 Å². The quantitative estimate of drug-likeness (QED) is 0.699. The topological polar surface area (TPSA) is 107 Å². The zero-order chi connectivity index (χ0) is 18.5. The van der Waals surface area contributed by atoms with Gasteiger partial charge < -0.3 is 10.4 Å². The summed E-state index contributed by atoms with van der Waals surface area (Å²) in [7, 11) is 0. The van der Waals surface area contributed by atoms with E-state index in [1.165, 1.54) is 16.8 Å². The predicted molar refractivity (Wildman–Crippen MR) is 95.9 cm³/mol. The molecule has 0 saturated carbocycles. The van der Waals surface area contributed by atoms with Crippen molar-refractivity contribution >= 4 is 5.91 Å². The van der Waals surface area contributed by atoms with Gasteiger partial charge in [-0.1, -0.05) is 12.1 Å². The number of H-pyrrole nitrogens is 1. The number of rotatable bonds is 5. The molecule has 1 amide bonds. The average Bonchev–Trinajstić information content (AvgIpc) is 2.58. The molecule has 0 aliphatic carbocycles. The molecule has 8 heteroatoms. The summed E-state index contributed by atoms with van der Waals surface area (Å²) in [5.74, 6) is -0.0148. The molecular formula is C18H22N4O4. The van der Waals surface area contributed by atoms with Crippen LogP contribution in [0.25, 0.3) is 0 Å². The number of carbonyl (C=O) groups is 1. The average molecular weight is 358 g/mol. The molecule has 2 aromatic rings. The largest absolute Gasteiger partial charge is 0.508 e. The first-order chi connectivity index (χ1) is 12.5. The summed E-state index contributed by atoms with van der Waals surface area (Å²) in [4.78, 5) is 39.3. The van der Waals surface area contributed by atoms with Gasteiger partial charge in [-0.05, 0) is 37.1 Å². The van der Waals surface area contributed by atoms with Crippen molar-refractivity contribution in [2.24, 2.45) is 0 Å². The summed E-state index contributed by atoms with van der Waals surface area (Å²) >= 11 is 0. The third-order valence-corrected chi connectivity index (χ3v) is 4.40. The second-order valence-electron chi connectivity index (χ2n) is 6.55. The minimum atomic E-state index is -0.596. The van der Waals surface area contributed by atoms with Crippen LogP contribution in [0.3, 0.4) is 0 Å². The van der Waals surface area contributed by atoms with Crippen LogP contribution in [0.4, 0.5) is 0 Å². The van der Waals surface area contributed by atoms with Crippen LogP contribution in [-0.2, 0) is 17.9 Å². The first kappa shape index (κ1) is 17.9. The van der Waals surface area contributed by atoms with Crippen molar-refractivity contribution in [3.8, 4) is 5.75 Å². The number of phenolic OH excluding ortho intramolecular Hbond substituents is 1. The van der Waals surface area contributed by atoms with Crippen LogP contribution >= 0.6 is 0 Å². The van der Waals surface area contributed by atoms with Gasteiger partial charge in [-0.15, -0.1) is 0 Å². The van der Waals surface area contributed by atoms with E-state index in [-0.39, 0.29) is 24.2 Å². The lowest BCUT2D eigenvalue weighted by molar-refractivity contribution is -0.122. The van der Waals surface area contributed by atoms with Crippen LogP contribution in [0.15, 0.2) is 46.1 Å². The van der Waals surface area contributed by atoms with Crippen LogP contribution in [0.2, 0.25) is 0 Å². The number of nitrogens with one attached hydrogen (secondary N) is 2. The summed E-state index contributed by atoms with van der Waals surface area (Å²) in [6.07, 6.45) is 3.15. The highest BCUT2D eigenvalue weighted by Crippen LogP contribution is 2.16. The third kappa shape index (κ3) is 4.82. The zero-order valence-electron chi connectivity index (χ0n) is 14.4. The highest BCUT2D eigenvalue weighted by Gasteiger charge is 2.21. The fourth-order valence-electron chi connectivity index (χ4n) is 3.23. The van der Waals surface area contributed by atoms with Crippen molar-refractivity contribution in [3.05, 3.63) is 62.9 Å². The number of likely N-dealkylation sites (tertiary alicyclic amines) is 1. The first-order valence-electron chi connectivity index (χ1n) is 8.59. The van der Waals surface area contributed by atoms with E-state index >= 15 is 0 Å². The molecule has 1 fully saturated rings. The molecule has 26 heavy (non-hydrogen) atoms. The summed E-state index contributed by atoms with van der Waals surface area (Å²) in [5, 5.41) is 12.5. The van der Waals surface area contributed by atoms with Crippen molar-refractivity contribution in [3.63, 3.8) is 0 Å². The maximum atomic E-state index is 12.2. The fraction of sp³-hybridized carbons (Fsp3) is 0.389. The number of amides is 1. The molecule has 1 unspecified atom stereocenters. The normalized spacial score (nSPS) is 17.8. The minimum Gasteiger partial charge on any atom is -0.508 e. The van der Waals surface area contributed by atoms with Gasteiger partial charge in [-0.25, -0.2) is 4.79 Å². The number of aromatic hydroxyl groups is 1. The van der Waals surface area contributed by atoms with Gasteiger partial charge in [-0.2, -0.15) is 0 Å². The van der Waals surface area contributed by atoms with Gasteiger partial charge in [0, 0.05) is 31.4 Å². The van der Waals surface area contributed by atoms with Gasteiger partial charge in [0.1, 0.15) is 12.3 Å². The number of carbonyl (C=O) groups excluding carboxylic acids is 1. The molecule has 1 atom stereocenters. The first-order valence-corrected chi connectivity index (χ1v) is 8.59. The number of phenols is 1. The molecule has 1 aromatic heterocycles. The van der Waals surface area contributed by atoms with E-state index in [0.717, 1.165) is 24.9 Å². The Morgan fingerprint density at radius 3 is 2.92 bits per heavy atom. The van der Waals surface area contributed by atoms with Crippen molar-refractivity contribution in [1.82, 2.24) is 19.8 Å². The lowest BCUT2D eigenvalue weighted by Crippen LogP contribution is -2.48. The number of aromatic amines is 1. The molecule has 2 heterocycles. The van der Waals surface area contributed by atoms with E-state index in [4.69, 9.17) is 0 Å². The zero-order valence-corrected chi connectivity index (χ0v) is 14.4. The Morgan fingerprint density at radius 1 is 1.31 bits per heavy atom. The number of nitrogens with zero attached hydrogens (tertiary/aromatic N) is 2. The molecule has 8 nitrogen and oxygen atoms in total. The Hall–Kier alpha value is -2.87.